The van der Waals surface area contributed by atoms with E-state index in [0.717, 1.165) is 77.6 Å². The van der Waals surface area contributed by atoms with Crippen LogP contribution in [0.4, 0.5) is 0 Å². The van der Waals surface area contributed by atoms with Gasteiger partial charge in [-0.15, -0.1) is 0 Å². The minimum absolute atomic E-state index is 0.317. The van der Waals surface area contributed by atoms with Crippen LogP contribution >= 0.6 is 0 Å². The van der Waals surface area contributed by atoms with Crippen molar-refractivity contribution in [3.63, 3.8) is 0 Å². The van der Waals surface area contributed by atoms with Crippen molar-refractivity contribution < 1.29 is 14.2 Å². The second-order valence-electron chi connectivity index (χ2n) is 8.37. The highest BCUT2D eigenvalue weighted by atomic mass is 16.5. The molecule has 0 aromatic rings. The van der Waals surface area contributed by atoms with E-state index in [1.165, 1.54) is 38.5 Å². The summed E-state index contributed by atoms with van der Waals surface area (Å²) in [6.45, 7) is 8.42. The SMILES string of the molecule is CCNC(=NCCCOC1CCCC1)N1CCC(OCC2CCCCO2)CC1. The predicted molar refractivity (Wildman–Crippen MR) is 113 cm³/mol. The van der Waals surface area contributed by atoms with Crippen LogP contribution in [0.1, 0.15) is 71.1 Å². The van der Waals surface area contributed by atoms with Gasteiger partial charge in [-0.1, -0.05) is 12.8 Å². The first kappa shape index (κ1) is 21.8. The molecule has 2 aliphatic heterocycles. The van der Waals surface area contributed by atoms with Gasteiger partial charge in [0.15, 0.2) is 5.96 Å². The van der Waals surface area contributed by atoms with Gasteiger partial charge >= 0.3 is 0 Å². The van der Waals surface area contributed by atoms with E-state index in [9.17, 15) is 0 Å². The summed E-state index contributed by atoms with van der Waals surface area (Å²) < 4.78 is 17.9. The number of nitrogens with one attached hydrogen (secondary N) is 1. The minimum atomic E-state index is 0.317. The maximum atomic E-state index is 6.14. The van der Waals surface area contributed by atoms with E-state index in [1.807, 2.05) is 0 Å². The smallest absolute Gasteiger partial charge is 0.193 e. The first-order valence-electron chi connectivity index (χ1n) is 11.7. The summed E-state index contributed by atoms with van der Waals surface area (Å²) in [5.74, 6) is 1.05. The Morgan fingerprint density at radius 2 is 1.75 bits per heavy atom. The standard InChI is InChI=1S/C22H41N3O3/c1-2-23-22(24-13-7-17-26-19-8-3-4-9-19)25-14-11-20(12-15-25)28-18-21-10-5-6-16-27-21/h19-21H,2-18H2,1H3,(H,23,24). The number of piperidine rings is 1. The summed E-state index contributed by atoms with van der Waals surface area (Å²) in [6, 6.07) is 0. The minimum Gasteiger partial charge on any atom is -0.378 e. The van der Waals surface area contributed by atoms with E-state index < -0.39 is 0 Å². The number of ether oxygens (including phenoxy) is 3. The number of aliphatic imine (C=N–C) groups is 1. The Hall–Kier alpha value is -0.850. The Balaban J connectivity index is 1.32. The summed E-state index contributed by atoms with van der Waals surface area (Å²) in [5, 5.41) is 3.46. The molecule has 162 valence electrons. The lowest BCUT2D eigenvalue weighted by molar-refractivity contribution is -0.0721. The highest BCUT2D eigenvalue weighted by Crippen LogP contribution is 2.21. The van der Waals surface area contributed by atoms with Crippen LogP contribution in [0.25, 0.3) is 0 Å². The number of guanidine groups is 1. The van der Waals surface area contributed by atoms with Crippen molar-refractivity contribution in [2.24, 2.45) is 4.99 Å². The zero-order chi connectivity index (χ0) is 19.4. The predicted octanol–water partition coefficient (Wildman–Crippen LogP) is 3.35. The second kappa shape index (κ2) is 12.7. The number of hydrogen-bond donors (Lipinski definition) is 1. The Labute approximate surface area is 171 Å². The van der Waals surface area contributed by atoms with Crippen molar-refractivity contribution in [2.45, 2.75) is 89.4 Å². The number of nitrogens with zero attached hydrogens (tertiary/aromatic N) is 2. The molecule has 0 bridgehead atoms. The molecule has 0 spiro atoms. The van der Waals surface area contributed by atoms with E-state index in [0.29, 0.717) is 18.3 Å². The van der Waals surface area contributed by atoms with Gasteiger partial charge in [0.2, 0.25) is 0 Å². The molecular weight excluding hydrogens is 354 g/mol. The van der Waals surface area contributed by atoms with Crippen molar-refractivity contribution >= 4 is 5.96 Å². The van der Waals surface area contributed by atoms with Crippen LogP contribution in [-0.2, 0) is 14.2 Å². The molecule has 1 unspecified atom stereocenters. The average Bonchev–Trinajstić information content (AvgIpc) is 3.26. The fourth-order valence-electron chi connectivity index (χ4n) is 4.40. The van der Waals surface area contributed by atoms with Crippen LogP contribution in [0.15, 0.2) is 4.99 Å². The zero-order valence-corrected chi connectivity index (χ0v) is 17.9. The van der Waals surface area contributed by atoms with Gasteiger partial charge in [0.1, 0.15) is 0 Å². The van der Waals surface area contributed by atoms with E-state index in [4.69, 9.17) is 19.2 Å². The summed E-state index contributed by atoms with van der Waals surface area (Å²) >= 11 is 0. The molecule has 1 saturated carbocycles. The Bertz CT molecular complexity index is 440. The van der Waals surface area contributed by atoms with E-state index >= 15 is 0 Å². The number of likely N-dealkylation sites (tertiary alicyclic amines) is 1. The highest BCUT2D eigenvalue weighted by molar-refractivity contribution is 5.80. The summed E-state index contributed by atoms with van der Waals surface area (Å²) in [5.41, 5.74) is 0. The summed E-state index contributed by atoms with van der Waals surface area (Å²) in [4.78, 5) is 7.22. The summed E-state index contributed by atoms with van der Waals surface area (Å²) in [6.07, 6.45) is 13.1. The third-order valence-corrected chi connectivity index (χ3v) is 6.09. The molecule has 0 amide bonds. The van der Waals surface area contributed by atoms with E-state index in [2.05, 4.69) is 17.1 Å². The molecular formula is C22H41N3O3. The second-order valence-corrected chi connectivity index (χ2v) is 8.37. The van der Waals surface area contributed by atoms with Gasteiger partial charge in [0, 0.05) is 39.4 Å². The number of rotatable bonds is 9. The Morgan fingerprint density at radius 3 is 2.46 bits per heavy atom. The molecule has 2 saturated heterocycles. The van der Waals surface area contributed by atoms with Crippen molar-refractivity contribution in [2.75, 3.05) is 46.0 Å². The fourth-order valence-corrected chi connectivity index (χ4v) is 4.40. The van der Waals surface area contributed by atoms with Gasteiger partial charge in [-0.3, -0.25) is 4.99 Å². The largest absolute Gasteiger partial charge is 0.378 e. The van der Waals surface area contributed by atoms with Crippen molar-refractivity contribution in [3.8, 4) is 0 Å². The molecule has 0 aromatic carbocycles. The molecule has 1 N–H and O–H groups in total. The molecule has 6 nitrogen and oxygen atoms in total. The maximum Gasteiger partial charge on any atom is 0.193 e. The highest BCUT2D eigenvalue weighted by Gasteiger charge is 2.23. The van der Waals surface area contributed by atoms with Gasteiger partial charge in [-0.2, -0.15) is 0 Å². The lowest BCUT2D eigenvalue weighted by atomic mass is 10.1. The van der Waals surface area contributed by atoms with Gasteiger partial charge in [-0.25, -0.2) is 0 Å². The van der Waals surface area contributed by atoms with E-state index in [-0.39, 0.29) is 0 Å². The van der Waals surface area contributed by atoms with Crippen LogP contribution in [0.5, 0.6) is 0 Å². The third kappa shape index (κ3) is 7.53. The molecule has 3 fully saturated rings. The van der Waals surface area contributed by atoms with Gasteiger partial charge in [-0.05, 0) is 58.3 Å². The van der Waals surface area contributed by atoms with Gasteiger partial charge < -0.3 is 24.4 Å². The molecule has 0 aromatic heterocycles. The first-order chi connectivity index (χ1) is 13.8. The van der Waals surface area contributed by atoms with Gasteiger partial charge in [0.25, 0.3) is 0 Å². The first-order valence-corrected chi connectivity index (χ1v) is 11.7. The van der Waals surface area contributed by atoms with Crippen molar-refractivity contribution in [1.82, 2.24) is 10.2 Å². The lowest BCUT2D eigenvalue weighted by Crippen LogP contribution is -2.47. The molecule has 2 heterocycles. The topological polar surface area (TPSA) is 55.3 Å². The monoisotopic (exact) mass is 395 g/mol. The third-order valence-electron chi connectivity index (χ3n) is 6.09. The zero-order valence-electron chi connectivity index (χ0n) is 17.9. The lowest BCUT2D eigenvalue weighted by Gasteiger charge is -2.35. The number of hydrogen-bond acceptors (Lipinski definition) is 4. The Morgan fingerprint density at radius 1 is 1.00 bits per heavy atom. The molecule has 28 heavy (non-hydrogen) atoms. The van der Waals surface area contributed by atoms with E-state index in [1.54, 1.807) is 0 Å². The normalized spacial score (nSPS) is 25.4. The Kier molecular flexibility index (Phi) is 9.88. The van der Waals surface area contributed by atoms with Crippen molar-refractivity contribution in [1.29, 1.82) is 0 Å². The molecule has 1 atom stereocenters. The average molecular weight is 396 g/mol. The summed E-state index contributed by atoms with van der Waals surface area (Å²) in [7, 11) is 0. The molecule has 1 aliphatic carbocycles. The molecule has 3 rings (SSSR count). The maximum absolute atomic E-state index is 6.14. The van der Waals surface area contributed by atoms with Crippen LogP contribution in [0.3, 0.4) is 0 Å². The molecule has 0 radical (unpaired) electrons. The van der Waals surface area contributed by atoms with Crippen LogP contribution in [-0.4, -0.2) is 75.2 Å². The quantitative estimate of drug-likeness (QED) is 0.369. The van der Waals surface area contributed by atoms with Crippen LogP contribution < -0.4 is 5.32 Å². The van der Waals surface area contributed by atoms with Gasteiger partial charge in [0.05, 0.1) is 24.9 Å². The van der Waals surface area contributed by atoms with Crippen molar-refractivity contribution in [3.05, 3.63) is 0 Å². The van der Waals surface area contributed by atoms with Crippen LogP contribution in [0.2, 0.25) is 0 Å². The molecule has 6 heteroatoms. The fraction of sp³-hybridized carbons (Fsp3) is 0.955. The molecule has 3 aliphatic rings. The van der Waals surface area contributed by atoms with Crippen LogP contribution in [0, 0.1) is 0 Å².